The smallest absolute Gasteiger partial charge is 0.305 e. The number of ether oxygens (including phenoxy) is 1. The monoisotopic (exact) mass is 292 g/mol. The lowest BCUT2D eigenvalue weighted by Gasteiger charge is -2.51. The summed E-state index contributed by atoms with van der Waals surface area (Å²) >= 11 is 0. The van der Waals surface area contributed by atoms with Crippen LogP contribution >= 0.6 is 0 Å². The molecular formula is C16H24N2O3. The van der Waals surface area contributed by atoms with E-state index in [1.54, 1.807) is 7.11 Å². The lowest BCUT2D eigenvalue weighted by molar-refractivity contribution is -0.142. The number of para-hydroxylation sites is 1. The highest BCUT2D eigenvalue weighted by Gasteiger charge is 2.44. The third-order valence-electron chi connectivity index (χ3n) is 4.51. The third-order valence-corrected chi connectivity index (χ3v) is 4.51. The van der Waals surface area contributed by atoms with Gasteiger partial charge in [0, 0.05) is 19.1 Å². The van der Waals surface area contributed by atoms with Gasteiger partial charge in [0.15, 0.2) is 0 Å². The van der Waals surface area contributed by atoms with E-state index in [-0.39, 0.29) is 18.0 Å². The van der Waals surface area contributed by atoms with Gasteiger partial charge in [0.25, 0.3) is 0 Å². The van der Waals surface area contributed by atoms with Gasteiger partial charge in [-0.1, -0.05) is 18.2 Å². The van der Waals surface area contributed by atoms with Crippen LogP contribution in [-0.4, -0.2) is 54.8 Å². The quantitative estimate of drug-likeness (QED) is 0.795. The van der Waals surface area contributed by atoms with Crippen molar-refractivity contribution in [3.05, 3.63) is 29.8 Å². The summed E-state index contributed by atoms with van der Waals surface area (Å²) in [5.74, 6) is 0.143. The first-order valence-electron chi connectivity index (χ1n) is 7.26. The maximum absolute atomic E-state index is 11.1. The maximum atomic E-state index is 11.1. The number of nitrogens with zero attached hydrogens (tertiary/aromatic N) is 1. The van der Waals surface area contributed by atoms with Gasteiger partial charge < -0.3 is 15.2 Å². The minimum atomic E-state index is -0.743. The predicted octanol–water partition coefficient (Wildman–Crippen LogP) is 1.37. The highest BCUT2D eigenvalue weighted by atomic mass is 16.5. The van der Waals surface area contributed by atoms with Gasteiger partial charge in [0.05, 0.1) is 19.1 Å². The molecule has 0 bridgehead atoms. The van der Waals surface area contributed by atoms with Gasteiger partial charge in [0.2, 0.25) is 0 Å². The van der Waals surface area contributed by atoms with Crippen LogP contribution in [0.3, 0.4) is 0 Å². The molecule has 1 aliphatic heterocycles. The second kappa shape index (κ2) is 6.45. The van der Waals surface area contributed by atoms with Crippen molar-refractivity contribution < 1.29 is 14.6 Å². The largest absolute Gasteiger partial charge is 0.496 e. The normalized spacial score (nSPS) is 18.1. The van der Waals surface area contributed by atoms with Crippen LogP contribution in [0.2, 0.25) is 0 Å². The van der Waals surface area contributed by atoms with Crippen LogP contribution in [0.1, 0.15) is 18.9 Å². The fourth-order valence-corrected chi connectivity index (χ4v) is 2.99. The Bertz CT molecular complexity index is 500. The standard InChI is InChI=1S/C16H24N2O3/c1-12(8-13-6-4-5-7-14(13)21-3)18(2)16(9-15(19)20)10-17-11-16/h4-7,12,17H,8-11H2,1-3H3,(H,19,20). The van der Waals surface area contributed by atoms with Gasteiger partial charge in [-0.05, 0) is 32.0 Å². The molecule has 5 nitrogen and oxygen atoms in total. The number of carboxylic acids is 1. The van der Waals surface area contributed by atoms with Gasteiger partial charge in [-0.3, -0.25) is 9.69 Å². The Morgan fingerprint density at radius 3 is 2.67 bits per heavy atom. The number of likely N-dealkylation sites (N-methyl/N-ethyl adjacent to an activating group) is 1. The molecule has 2 rings (SSSR count). The van der Waals surface area contributed by atoms with E-state index in [9.17, 15) is 4.79 Å². The SMILES string of the molecule is COc1ccccc1CC(C)N(C)C1(CC(=O)O)CNC1. The van der Waals surface area contributed by atoms with E-state index in [4.69, 9.17) is 9.84 Å². The molecule has 1 aromatic rings. The Labute approximate surface area is 125 Å². The van der Waals surface area contributed by atoms with Crippen molar-refractivity contribution in [2.24, 2.45) is 0 Å². The Morgan fingerprint density at radius 1 is 1.48 bits per heavy atom. The minimum absolute atomic E-state index is 0.173. The summed E-state index contributed by atoms with van der Waals surface area (Å²) in [4.78, 5) is 13.3. The van der Waals surface area contributed by atoms with E-state index < -0.39 is 5.97 Å². The summed E-state index contributed by atoms with van der Waals surface area (Å²) < 4.78 is 5.39. The molecule has 0 aromatic heterocycles. The van der Waals surface area contributed by atoms with Crippen LogP contribution < -0.4 is 10.1 Å². The van der Waals surface area contributed by atoms with Gasteiger partial charge >= 0.3 is 5.97 Å². The second-order valence-corrected chi connectivity index (χ2v) is 5.87. The van der Waals surface area contributed by atoms with E-state index in [0.29, 0.717) is 0 Å². The van der Waals surface area contributed by atoms with E-state index >= 15 is 0 Å². The van der Waals surface area contributed by atoms with Crippen LogP contribution in [0.5, 0.6) is 5.75 Å². The van der Waals surface area contributed by atoms with E-state index in [2.05, 4.69) is 23.2 Å². The Hall–Kier alpha value is -1.59. The maximum Gasteiger partial charge on any atom is 0.305 e. The Morgan fingerprint density at radius 2 is 2.14 bits per heavy atom. The molecular weight excluding hydrogens is 268 g/mol. The van der Waals surface area contributed by atoms with Crippen LogP contribution in [0.25, 0.3) is 0 Å². The molecule has 1 saturated heterocycles. The molecule has 0 amide bonds. The van der Waals surface area contributed by atoms with Crippen molar-refractivity contribution >= 4 is 5.97 Å². The number of aliphatic carboxylic acids is 1. The van der Waals surface area contributed by atoms with Crippen LogP contribution in [0.15, 0.2) is 24.3 Å². The number of benzene rings is 1. The summed E-state index contributed by atoms with van der Waals surface area (Å²) in [6, 6.07) is 8.22. The second-order valence-electron chi connectivity index (χ2n) is 5.87. The number of hydrogen-bond acceptors (Lipinski definition) is 4. The highest BCUT2D eigenvalue weighted by molar-refractivity contribution is 5.68. The topological polar surface area (TPSA) is 61.8 Å². The first-order valence-corrected chi connectivity index (χ1v) is 7.26. The van der Waals surface area contributed by atoms with Crippen molar-refractivity contribution in [1.82, 2.24) is 10.2 Å². The molecule has 0 radical (unpaired) electrons. The van der Waals surface area contributed by atoms with Gasteiger partial charge in [-0.15, -0.1) is 0 Å². The number of hydrogen-bond donors (Lipinski definition) is 2. The lowest BCUT2D eigenvalue weighted by Crippen LogP contribution is -2.70. The van der Waals surface area contributed by atoms with Gasteiger partial charge in [-0.2, -0.15) is 0 Å². The molecule has 0 aliphatic carbocycles. The molecule has 0 saturated carbocycles. The summed E-state index contributed by atoms with van der Waals surface area (Å²) in [6.45, 7) is 3.59. The van der Waals surface area contributed by atoms with Crippen LogP contribution in [0, 0.1) is 0 Å². The molecule has 0 spiro atoms. The summed E-state index contributed by atoms with van der Waals surface area (Å²) in [7, 11) is 3.69. The molecule has 1 heterocycles. The van der Waals surface area contributed by atoms with Gasteiger partial charge in [-0.25, -0.2) is 0 Å². The third kappa shape index (κ3) is 3.36. The minimum Gasteiger partial charge on any atom is -0.496 e. The summed E-state index contributed by atoms with van der Waals surface area (Å²) in [6.07, 6.45) is 1.01. The summed E-state index contributed by atoms with van der Waals surface area (Å²) in [5, 5.41) is 12.3. The number of methoxy groups -OCH3 is 1. The predicted molar refractivity (Wildman–Crippen MR) is 81.8 cm³/mol. The highest BCUT2D eigenvalue weighted by Crippen LogP contribution is 2.28. The molecule has 21 heavy (non-hydrogen) atoms. The average molecular weight is 292 g/mol. The summed E-state index contributed by atoms with van der Waals surface area (Å²) in [5.41, 5.74) is 0.880. The first kappa shape index (κ1) is 15.8. The van der Waals surface area contributed by atoms with Crippen molar-refractivity contribution in [2.75, 3.05) is 27.2 Å². The molecule has 1 fully saturated rings. The first-order chi connectivity index (χ1) is 9.98. The average Bonchev–Trinajstić information content (AvgIpc) is 2.42. The number of carboxylic acid groups (broad SMARTS) is 1. The van der Waals surface area contributed by atoms with E-state index in [0.717, 1.165) is 30.8 Å². The van der Waals surface area contributed by atoms with Gasteiger partial charge in [0.1, 0.15) is 5.75 Å². The fourth-order valence-electron chi connectivity index (χ4n) is 2.99. The zero-order valence-corrected chi connectivity index (χ0v) is 12.9. The molecule has 1 unspecified atom stereocenters. The van der Waals surface area contributed by atoms with E-state index in [1.165, 1.54) is 0 Å². The Balaban J connectivity index is 2.08. The number of carbonyl (C=O) groups is 1. The number of rotatable bonds is 7. The van der Waals surface area contributed by atoms with Crippen molar-refractivity contribution in [2.45, 2.75) is 31.3 Å². The molecule has 2 N–H and O–H groups in total. The zero-order chi connectivity index (χ0) is 15.5. The van der Waals surface area contributed by atoms with Crippen LogP contribution in [-0.2, 0) is 11.2 Å². The molecule has 1 aliphatic rings. The molecule has 1 atom stereocenters. The van der Waals surface area contributed by atoms with Crippen molar-refractivity contribution in [3.8, 4) is 5.75 Å². The Kier molecular flexibility index (Phi) is 4.85. The molecule has 1 aromatic carbocycles. The number of nitrogens with one attached hydrogen (secondary N) is 1. The molecule has 5 heteroatoms. The van der Waals surface area contributed by atoms with Crippen LogP contribution in [0.4, 0.5) is 0 Å². The lowest BCUT2D eigenvalue weighted by atomic mass is 9.85. The van der Waals surface area contributed by atoms with Crippen molar-refractivity contribution in [3.63, 3.8) is 0 Å². The van der Waals surface area contributed by atoms with E-state index in [1.807, 2.05) is 25.2 Å². The zero-order valence-electron chi connectivity index (χ0n) is 12.9. The fraction of sp³-hybridized carbons (Fsp3) is 0.562. The molecule has 116 valence electrons. The van der Waals surface area contributed by atoms with Crippen molar-refractivity contribution in [1.29, 1.82) is 0 Å².